The van der Waals surface area contributed by atoms with E-state index in [9.17, 15) is 4.79 Å². The van der Waals surface area contributed by atoms with E-state index in [4.69, 9.17) is 4.98 Å². The van der Waals surface area contributed by atoms with E-state index in [0.29, 0.717) is 6.04 Å². The van der Waals surface area contributed by atoms with Crippen LogP contribution in [-0.2, 0) is 6.54 Å². The third-order valence-electron chi connectivity index (χ3n) is 6.82. The average Bonchev–Trinajstić information content (AvgIpc) is 3.33. The van der Waals surface area contributed by atoms with Gasteiger partial charge in [0.05, 0.1) is 11.0 Å². The summed E-state index contributed by atoms with van der Waals surface area (Å²) in [5.74, 6) is 0.138. The molecule has 0 spiro atoms. The van der Waals surface area contributed by atoms with E-state index in [1.807, 2.05) is 18.1 Å². The number of rotatable bonds is 4. The molecule has 0 radical (unpaired) electrons. The highest BCUT2D eigenvalue weighted by Gasteiger charge is 2.25. The molecule has 7 heteroatoms. The molecule has 0 atom stereocenters. The van der Waals surface area contributed by atoms with Crippen molar-refractivity contribution in [2.24, 2.45) is 0 Å². The Morgan fingerprint density at radius 3 is 2.70 bits per heavy atom. The first-order valence-corrected chi connectivity index (χ1v) is 12.0. The average molecular weight is 426 g/mol. The number of piperazine rings is 1. The van der Waals surface area contributed by atoms with Crippen LogP contribution in [0, 0.1) is 0 Å². The van der Waals surface area contributed by atoms with Crippen LogP contribution in [-0.4, -0.2) is 76.3 Å². The Balaban J connectivity index is 1.38. The molecule has 1 saturated heterocycles. The first-order chi connectivity index (χ1) is 14.6. The number of fused-ring (bicyclic) bond motifs is 3. The second-order valence-corrected chi connectivity index (χ2v) is 9.98. The first kappa shape index (κ1) is 20.0. The van der Waals surface area contributed by atoms with Gasteiger partial charge in [0.2, 0.25) is 0 Å². The van der Waals surface area contributed by atoms with Gasteiger partial charge in [-0.05, 0) is 37.6 Å². The number of carbonyl (C=O) groups is 1. The van der Waals surface area contributed by atoms with Gasteiger partial charge in [-0.1, -0.05) is 36.7 Å². The number of benzene rings is 1. The van der Waals surface area contributed by atoms with Crippen molar-refractivity contribution in [3.05, 3.63) is 34.8 Å². The third kappa shape index (κ3) is 3.86. The lowest BCUT2D eigenvalue weighted by Crippen LogP contribution is -2.43. The van der Waals surface area contributed by atoms with Crippen molar-refractivity contribution in [1.29, 1.82) is 0 Å². The highest BCUT2D eigenvalue weighted by Crippen LogP contribution is 2.28. The summed E-state index contributed by atoms with van der Waals surface area (Å²) in [6.07, 6.45) is 8.02. The van der Waals surface area contributed by atoms with Crippen LogP contribution in [0.15, 0.2) is 24.4 Å². The predicted octanol–water partition coefficient (Wildman–Crippen LogP) is 3.70. The standard InChI is InChI=1S/C23H31N5OS/c1-25-10-12-27(13-11-25)15-17-8-9-19-20(14-17)28-16-21(30-23(28)24-19)22(29)26(2)18-6-4-3-5-7-18/h8-9,14,16,18H,3-7,10-13,15H2,1-2H3. The van der Waals surface area contributed by atoms with Crippen LogP contribution in [0.1, 0.15) is 47.3 Å². The largest absolute Gasteiger partial charge is 0.338 e. The summed E-state index contributed by atoms with van der Waals surface area (Å²) in [6.45, 7) is 5.45. The monoisotopic (exact) mass is 425 g/mol. The number of hydrogen-bond acceptors (Lipinski definition) is 5. The second-order valence-electron chi connectivity index (χ2n) is 8.97. The van der Waals surface area contributed by atoms with E-state index < -0.39 is 0 Å². The molecule has 5 rings (SSSR count). The molecule has 1 amide bonds. The zero-order valence-electron chi connectivity index (χ0n) is 18.0. The molecule has 0 N–H and O–H groups in total. The van der Waals surface area contributed by atoms with Crippen molar-refractivity contribution in [3.63, 3.8) is 0 Å². The van der Waals surface area contributed by atoms with Gasteiger partial charge in [0.1, 0.15) is 4.88 Å². The molecule has 3 aromatic rings. The summed E-state index contributed by atoms with van der Waals surface area (Å²) in [6, 6.07) is 6.95. The number of likely N-dealkylation sites (N-methyl/N-ethyl adjacent to an activating group) is 1. The molecule has 2 fully saturated rings. The summed E-state index contributed by atoms with van der Waals surface area (Å²) in [4.78, 5) is 26.4. The fourth-order valence-corrected chi connectivity index (χ4v) is 5.80. The molecule has 1 aliphatic carbocycles. The Bertz CT molecular complexity index is 1040. The lowest BCUT2D eigenvalue weighted by molar-refractivity contribution is 0.0701. The number of imidazole rings is 1. The fourth-order valence-electron chi connectivity index (χ4n) is 4.82. The molecule has 2 aliphatic rings. The van der Waals surface area contributed by atoms with Gasteiger partial charge in [-0.2, -0.15) is 0 Å². The maximum Gasteiger partial charge on any atom is 0.265 e. The molecule has 3 heterocycles. The van der Waals surface area contributed by atoms with Gasteiger partial charge in [-0.15, -0.1) is 0 Å². The first-order valence-electron chi connectivity index (χ1n) is 11.2. The molecule has 1 aromatic carbocycles. The number of hydrogen-bond donors (Lipinski definition) is 0. The summed E-state index contributed by atoms with van der Waals surface area (Å²) in [7, 11) is 4.15. The van der Waals surface area contributed by atoms with Crippen LogP contribution in [0.2, 0.25) is 0 Å². The van der Waals surface area contributed by atoms with E-state index >= 15 is 0 Å². The van der Waals surface area contributed by atoms with E-state index in [1.165, 1.54) is 36.2 Å². The Morgan fingerprint density at radius 1 is 1.17 bits per heavy atom. The van der Waals surface area contributed by atoms with Crippen molar-refractivity contribution in [1.82, 2.24) is 24.1 Å². The summed E-state index contributed by atoms with van der Waals surface area (Å²) in [5, 5.41) is 0. The topological polar surface area (TPSA) is 44.1 Å². The van der Waals surface area contributed by atoms with Crippen molar-refractivity contribution in [3.8, 4) is 0 Å². The van der Waals surface area contributed by atoms with E-state index in [0.717, 1.165) is 66.4 Å². The Kier molecular flexibility index (Phi) is 5.52. The molecule has 0 bridgehead atoms. The minimum Gasteiger partial charge on any atom is -0.338 e. The minimum atomic E-state index is 0.138. The lowest BCUT2D eigenvalue weighted by atomic mass is 9.94. The molecule has 2 aromatic heterocycles. The molecule has 1 saturated carbocycles. The van der Waals surface area contributed by atoms with Gasteiger partial charge in [-0.25, -0.2) is 4.98 Å². The minimum absolute atomic E-state index is 0.138. The van der Waals surface area contributed by atoms with Gasteiger partial charge in [0, 0.05) is 52.0 Å². The Morgan fingerprint density at radius 2 is 1.93 bits per heavy atom. The Labute approximate surface area is 182 Å². The normalized spacial score (nSPS) is 19.7. The maximum absolute atomic E-state index is 13.1. The fraction of sp³-hybridized carbons (Fsp3) is 0.565. The van der Waals surface area contributed by atoms with Gasteiger partial charge in [0.15, 0.2) is 4.96 Å². The van der Waals surface area contributed by atoms with Crippen LogP contribution < -0.4 is 0 Å². The zero-order valence-corrected chi connectivity index (χ0v) is 18.8. The smallest absolute Gasteiger partial charge is 0.265 e. The number of thiazole rings is 1. The highest BCUT2D eigenvalue weighted by atomic mass is 32.1. The molecule has 0 unspecified atom stereocenters. The zero-order chi connectivity index (χ0) is 20.7. The molecule has 1 aliphatic heterocycles. The second kappa shape index (κ2) is 8.29. The summed E-state index contributed by atoms with van der Waals surface area (Å²) >= 11 is 1.51. The number of carbonyl (C=O) groups excluding carboxylic acids is 1. The van der Waals surface area contributed by atoms with Gasteiger partial charge in [0.25, 0.3) is 5.91 Å². The number of amides is 1. The van der Waals surface area contributed by atoms with Crippen LogP contribution in [0.3, 0.4) is 0 Å². The van der Waals surface area contributed by atoms with E-state index in [1.54, 1.807) is 0 Å². The van der Waals surface area contributed by atoms with Crippen molar-refractivity contribution < 1.29 is 4.79 Å². The van der Waals surface area contributed by atoms with Gasteiger partial charge >= 0.3 is 0 Å². The summed E-state index contributed by atoms with van der Waals surface area (Å²) < 4.78 is 2.11. The van der Waals surface area contributed by atoms with Crippen LogP contribution in [0.4, 0.5) is 0 Å². The lowest BCUT2D eigenvalue weighted by Gasteiger charge is -2.32. The van der Waals surface area contributed by atoms with Gasteiger partial charge in [-0.3, -0.25) is 14.1 Å². The van der Waals surface area contributed by atoms with Crippen molar-refractivity contribution in [2.75, 3.05) is 40.3 Å². The summed E-state index contributed by atoms with van der Waals surface area (Å²) in [5.41, 5.74) is 3.42. The van der Waals surface area contributed by atoms with E-state index in [2.05, 4.69) is 39.4 Å². The molecule has 160 valence electrons. The molecule has 30 heavy (non-hydrogen) atoms. The van der Waals surface area contributed by atoms with Crippen LogP contribution in [0.25, 0.3) is 16.0 Å². The predicted molar refractivity (Wildman–Crippen MR) is 122 cm³/mol. The molecular formula is C23H31N5OS. The third-order valence-corrected chi connectivity index (χ3v) is 7.80. The number of aromatic nitrogens is 2. The quantitative estimate of drug-likeness (QED) is 0.639. The molecule has 6 nitrogen and oxygen atoms in total. The van der Waals surface area contributed by atoms with Crippen LogP contribution in [0.5, 0.6) is 0 Å². The Hall–Kier alpha value is -1.96. The van der Waals surface area contributed by atoms with Crippen molar-refractivity contribution >= 4 is 33.2 Å². The molecular weight excluding hydrogens is 394 g/mol. The van der Waals surface area contributed by atoms with Crippen molar-refractivity contribution in [2.45, 2.75) is 44.7 Å². The van der Waals surface area contributed by atoms with Gasteiger partial charge < -0.3 is 9.80 Å². The van der Waals surface area contributed by atoms with E-state index in [-0.39, 0.29) is 5.91 Å². The van der Waals surface area contributed by atoms with Crippen LogP contribution >= 0.6 is 11.3 Å². The maximum atomic E-state index is 13.1. The highest BCUT2D eigenvalue weighted by molar-refractivity contribution is 7.18. The SMILES string of the molecule is CN1CCN(Cc2ccc3nc4sc(C(=O)N(C)C5CCCCC5)cn4c3c2)CC1. The number of nitrogens with zero attached hydrogens (tertiary/aromatic N) is 5.